The monoisotopic (exact) mass is 322 g/mol. The molecule has 0 aromatic rings. The molecule has 0 radical (unpaired) electrons. The SMILES string of the molecule is CCCCCCP(Cl)(CCCC)(CCCC)CCCC. The van der Waals surface area contributed by atoms with Crippen molar-refractivity contribution in [3.05, 3.63) is 0 Å². The first kappa shape index (κ1) is 20.7. The molecule has 20 heavy (non-hydrogen) atoms. The summed E-state index contributed by atoms with van der Waals surface area (Å²) in [5, 5.41) is 0. The van der Waals surface area contributed by atoms with Gasteiger partial charge in [-0.05, 0) is 0 Å². The zero-order valence-electron chi connectivity index (χ0n) is 14.7. The molecule has 0 unspecified atom stereocenters. The molecular weight excluding hydrogens is 283 g/mol. The third kappa shape index (κ3) is 8.23. The van der Waals surface area contributed by atoms with Gasteiger partial charge in [-0.25, -0.2) is 0 Å². The molecule has 0 bridgehead atoms. The van der Waals surface area contributed by atoms with E-state index in [4.69, 9.17) is 11.2 Å². The fraction of sp³-hybridized carbons (Fsp3) is 1.00. The third-order valence-electron chi connectivity index (χ3n) is 4.78. The van der Waals surface area contributed by atoms with E-state index in [1.165, 1.54) is 88.9 Å². The van der Waals surface area contributed by atoms with Gasteiger partial charge in [0.25, 0.3) is 0 Å². The molecule has 0 amide bonds. The summed E-state index contributed by atoms with van der Waals surface area (Å²) in [6, 6.07) is 0. The van der Waals surface area contributed by atoms with Crippen molar-refractivity contribution in [3.63, 3.8) is 0 Å². The van der Waals surface area contributed by atoms with Crippen LogP contribution < -0.4 is 0 Å². The van der Waals surface area contributed by atoms with E-state index >= 15 is 0 Å². The van der Waals surface area contributed by atoms with E-state index in [1.807, 2.05) is 0 Å². The summed E-state index contributed by atoms with van der Waals surface area (Å²) >= 11 is 7.54. The van der Waals surface area contributed by atoms with Crippen LogP contribution in [0.3, 0.4) is 0 Å². The Bertz CT molecular complexity index is 203. The van der Waals surface area contributed by atoms with E-state index in [1.54, 1.807) is 0 Å². The van der Waals surface area contributed by atoms with E-state index in [9.17, 15) is 0 Å². The molecule has 0 N–H and O–H groups in total. The van der Waals surface area contributed by atoms with Crippen molar-refractivity contribution in [1.82, 2.24) is 0 Å². The van der Waals surface area contributed by atoms with Gasteiger partial charge in [-0.1, -0.05) is 0 Å². The van der Waals surface area contributed by atoms with Crippen LogP contribution in [0, 0.1) is 0 Å². The minimum atomic E-state index is -1.92. The van der Waals surface area contributed by atoms with E-state index in [0.29, 0.717) is 0 Å². The first-order chi connectivity index (χ1) is 9.54. The third-order valence-corrected chi connectivity index (χ3v) is 12.5. The summed E-state index contributed by atoms with van der Waals surface area (Å²) in [5.41, 5.74) is 0. The average molecular weight is 323 g/mol. The second-order valence-corrected chi connectivity index (χ2v) is 15.1. The Balaban J connectivity index is 4.77. The summed E-state index contributed by atoms with van der Waals surface area (Å²) in [6.07, 6.45) is 18.9. The molecule has 0 rings (SSSR count). The molecule has 0 aromatic carbocycles. The molecule has 0 spiro atoms. The maximum atomic E-state index is 7.54. The van der Waals surface area contributed by atoms with Gasteiger partial charge in [0.05, 0.1) is 0 Å². The van der Waals surface area contributed by atoms with Gasteiger partial charge in [-0.3, -0.25) is 0 Å². The molecule has 0 saturated heterocycles. The fourth-order valence-corrected chi connectivity index (χ4v) is 10.4. The number of unbranched alkanes of at least 4 members (excludes halogenated alkanes) is 6. The van der Waals surface area contributed by atoms with Gasteiger partial charge < -0.3 is 0 Å². The molecule has 0 fully saturated rings. The van der Waals surface area contributed by atoms with Crippen LogP contribution in [0.25, 0.3) is 0 Å². The Kier molecular flexibility index (Phi) is 11.7. The molecule has 0 heterocycles. The van der Waals surface area contributed by atoms with E-state index in [2.05, 4.69) is 27.7 Å². The molecule has 0 saturated carbocycles. The molecule has 0 aliphatic heterocycles. The molecule has 0 atom stereocenters. The summed E-state index contributed by atoms with van der Waals surface area (Å²) in [5.74, 6) is -1.92. The average Bonchev–Trinajstić information content (AvgIpc) is 2.47. The van der Waals surface area contributed by atoms with Crippen LogP contribution in [0.2, 0.25) is 0 Å². The van der Waals surface area contributed by atoms with Crippen LogP contribution in [0.15, 0.2) is 0 Å². The van der Waals surface area contributed by atoms with Gasteiger partial charge >= 0.3 is 134 Å². The topological polar surface area (TPSA) is 0 Å². The summed E-state index contributed by atoms with van der Waals surface area (Å²) < 4.78 is 0. The number of hydrogen-bond donors (Lipinski definition) is 0. The standard InChI is InChI=1S/C18H40ClP/c1-5-9-13-14-18-20(19,15-10-6-2,16-11-7-3)17-12-8-4/h5-18H2,1-4H3. The van der Waals surface area contributed by atoms with Crippen molar-refractivity contribution in [1.29, 1.82) is 0 Å². The Morgan fingerprint density at radius 1 is 0.500 bits per heavy atom. The van der Waals surface area contributed by atoms with Crippen LogP contribution in [0.1, 0.15) is 91.9 Å². The Morgan fingerprint density at radius 3 is 1.20 bits per heavy atom. The number of hydrogen-bond acceptors (Lipinski definition) is 0. The fourth-order valence-electron chi connectivity index (χ4n) is 3.26. The van der Waals surface area contributed by atoms with E-state index in [-0.39, 0.29) is 0 Å². The Labute approximate surface area is 134 Å². The second-order valence-electron chi connectivity index (χ2n) is 6.84. The summed E-state index contributed by atoms with van der Waals surface area (Å²) in [7, 11) is 0. The normalized spacial score (nSPS) is 14.2. The van der Waals surface area contributed by atoms with Crippen molar-refractivity contribution in [2.45, 2.75) is 91.9 Å². The van der Waals surface area contributed by atoms with Crippen molar-refractivity contribution in [2.75, 3.05) is 24.6 Å². The van der Waals surface area contributed by atoms with Crippen molar-refractivity contribution >= 4 is 17.2 Å². The minimum absolute atomic E-state index is 1.30. The second kappa shape index (κ2) is 11.3. The quantitative estimate of drug-likeness (QED) is 0.227. The van der Waals surface area contributed by atoms with Crippen LogP contribution >= 0.6 is 17.2 Å². The molecule has 124 valence electrons. The van der Waals surface area contributed by atoms with Gasteiger partial charge in [0.1, 0.15) is 0 Å². The van der Waals surface area contributed by atoms with Crippen LogP contribution in [-0.2, 0) is 0 Å². The Morgan fingerprint density at radius 2 is 0.850 bits per heavy atom. The van der Waals surface area contributed by atoms with Crippen molar-refractivity contribution in [3.8, 4) is 0 Å². The molecule has 0 aliphatic carbocycles. The number of halogens is 1. The molecule has 0 aromatic heterocycles. The summed E-state index contributed by atoms with van der Waals surface area (Å²) in [4.78, 5) is 0. The summed E-state index contributed by atoms with van der Waals surface area (Å²) in [6.45, 7) is 9.24. The zero-order chi connectivity index (χ0) is 15.3. The molecule has 0 aliphatic rings. The van der Waals surface area contributed by atoms with Gasteiger partial charge in [0.15, 0.2) is 0 Å². The zero-order valence-corrected chi connectivity index (χ0v) is 16.4. The maximum absolute atomic E-state index is 7.54. The van der Waals surface area contributed by atoms with Crippen molar-refractivity contribution < 1.29 is 0 Å². The molecular formula is C18H40ClP. The number of rotatable bonds is 14. The van der Waals surface area contributed by atoms with E-state index < -0.39 is 5.96 Å². The first-order valence-corrected chi connectivity index (χ1v) is 13.1. The first-order valence-electron chi connectivity index (χ1n) is 9.26. The van der Waals surface area contributed by atoms with Gasteiger partial charge in [-0.15, -0.1) is 0 Å². The molecule has 2 heteroatoms. The van der Waals surface area contributed by atoms with Gasteiger partial charge in [0.2, 0.25) is 0 Å². The van der Waals surface area contributed by atoms with Crippen LogP contribution in [0.4, 0.5) is 0 Å². The molecule has 0 nitrogen and oxygen atoms in total. The predicted octanol–water partition coefficient (Wildman–Crippen LogP) is 7.67. The van der Waals surface area contributed by atoms with Crippen molar-refractivity contribution in [2.24, 2.45) is 0 Å². The van der Waals surface area contributed by atoms with Gasteiger partial charge in [0, 0.05) is 0 Å². The van der Waals surface area contributed by atoms with Gasteiger partial charge in [-0.2, -0.15) is 0 Å². The van der Waals surface area contributed by atoms with Crippen LogP contribution in [-0.4, -0.2) is 24.6 Å². The van der Waals surface area contributed by atoms with Crippen LogP contribution in [0.5, 0.6) is 0 Å². The van der Waals surface area contributed by atoms with E-state index in [0.717, 1.165) is 0 Å². The predicted molar refractivity (Wildman–Crippen MR) is 101 cm³/mol. The Hall–Kier alpha value is 0.720.